The Morgan fingerprint density at radius 1 is 1.23 bits per heavy atom. The van der Waals surface area contributed by atoms with E-state index in [-0.39, 0.29) is 26.7 Å². The molecule has 0 radical (unpaired) electrons. The minimum atomic E-state index is -0.139. The molecule has 116 valence electrons. The lowest BCUT2D eigenvalue weighted by molar-refractivity contribution is 0.0979. The van der Waals surface area contributed by atoms with E-state index in [1.807, 2.05) is 12.1 Å². The lowest BCUT2D eigenvalue weighted by atomic mass is 10.0. The molecule has 1 aromatic carbocycles. The third-order valence-electron chi connectivity index (χ3n) is 3.87. The standard InChI is InChI=1S/C16H14Cl3NO2/c17-13-14(18)16(19)20-15(13)12(22)6-2-8-1-5-11(21)10(7-8)9-3-4-9/h1,5,7,9,20-21H,2-4,6H2. The summed E-state index contributed by atoms with van der Waals surface area (Å²) in [5.41, 5.74) is 2.25. The van der Waals surface area contributed by atoms with E-state index in [0.717, 1.165) is 24.0 Å². The first-order valence-electron chi connectivity index (χ1n) is 7.04. The van der Waals surface area contributed by atoms with E-state index in [1.165, 1.54) is 0 Å². The minimum Gasteiger partial charge on any atom is -0.508 e. The number of ketones is 1. The van der Waals surface area contributed by atoms with Crippen molar-refractivity contribution < 1.29 is 9.90 Å². The van der Waals surface area contributed by atoms with Crippen LogP contribution in [-0.2, 0) is 6.42 Å². The van der Waals surface area contributed by atoms with Gasteiger partial charge in [0.15, 0.2) is 5.78 Å². The summed E-state index contributed by atoms with van der Waals surface area (Å²) in [6.45, 7) is 0. The van der Waals surface area contributed by atoms with Crippen molar-refractivity contribution >= 4 is 40.6 Å². The van der Waals surface area contributed by atoms with Gasteiger partial charge in [0, 0.05) is 6.42 Å². The number of halogens is 3. The number of nitrogens with one attached hydrogen (secondary N) is 1. The molecular weight excluding hydrogens is 345 g/mol. The monoisotopic (exact) mass is 357 g/mol. The highest BCUT2D eigenvalue weighted by atomic mass is 35.5. The number of carbonyl (C=O) groups is 1. The first-order valence-corrected chi connectivity index (χ1v) is 8.18. The summed E-state index contributed by atoms with van der Waals surface area (Å²) in [5.74, 6) is 0.662. The highest BCUT2D eigenvalue weighted by Crippen LogP contribution is 2.44. The van der Waals surface area contributed by atoms with Crippen LogP contribution in [0.2, 0.25) is 15.2 Å². The number of carbonyl (C=O) groups excluding carboxylic acids is 1. The average Bonchev–Trinajstić information content (AvgIpc) is 3.30. The fourth-order valence-corrected chi connectivity index (χ4v) is 3.11. The first kappa shape index (κ1) is 15.7. The summed E-state index contributed by atoms with van der Waals surface area (Å²) in [5, 5.41) is 10.4. The van der Waals surface area contributed by atoms with E-state index in [0.29, 0.717) is 24.5 Å². The van der Waals surface area contributed by atoms with Crippen molar-refractivity contribution in [2.24, 2.45) is 0 Å². The van der Waals surface area contributed by atoms with E-state index in [2.05, 4.69) is 4.98 Å². The second-order valence-electron chi connectivity index (χ2n) is 5.53. The normalized spacial score (nSPS) is 14.3. The number of Topliss-reactive ketones (excluding diaryl/α,β-unsaturated/α-hetero) is 1. The average molecular weight is 359 g/mol. The van der Waals surface area contributed by atoms with Gasteiger partial charge in [0.1, 0.15) is 16.6 Å². The molecule has 1 heterocycles. The van der Waals surface area contributed by atoms with Gasteiger partial charge in [-0.2, -0.15) is 0 Å². The number of rotatable bonds is 5. The summed E-state index contributed by atoms with van der Waals surface area (Å²) in [6.07, 6.45) is 3.10. The van der Waals surface area contributed by atoms with Crippen molar-refractivity contribution in [2.75, 3.05) is 0 Å². The van der Waals surface area contributed by atoms with Crippen LogP contribution in [0.4, 0.5) is 0 Å². The highest BCUT2D eigenvalue weighted by molar-refractivity contribution is 6.49. The number of hydrogen-bond donors (Lipinski definition) is 2. The number of aromatic nitrogens is 1. The number of benzene rings is 1. The smallest absolute Gasteiger partial charge is 0.180 e. The van der Waals surface area contributed by atoms with Crippen LogP contribution in [-0.4, -0.2) is 15.9 Å². The predicted molar refractivity (Wildman–Crippen MR) is 88.6 cm³/mol. The van der Waals surface area contributed by atoms with Crippen LogP contribution in [0.5, 0.6) is 5.75 Å². The van der Waals surface area contributed by atoms with Crippen molar-refractivity contribution in [3.05, 3.63) is 50.2 Å². The lowest BCUT2D eigenvalue weighted by Crippen LogP contribution is -2.02. The first-order chi connectivity index (χ1) is 10.5. The molecule has 2 N–H and O–H groups in total. The Morgan fingerprint density at radius 3 is 2.55 bits per heavy atom. The quantitative estimate of drug-likeness (QED) is 0.706. The molecule has 1 saturated carbocycles. The molecular formula is C16H14Cl3NO2. The van der Waals surface area contributed by atoms with Gasteiger partial charge >= 0.3 is 0 Å². The zero-order valence-corrected chi connectivity index (χ0v) is 13.9. The zero-order valence-electron chi connectivity index (χ0n) is 11.6. The van der Waals surface area contributed by atoms with Gasteiger partial charge in [0.2, 0.25) is 0 Å². The van der Waals surface area contributed by atoms with Crippen LogP contribution in [0.3, 0.4) is 0 Å². The van der Waals surface area contributed by atoms with Gasteiger partial charge < -0.3 is 10.1 Å². The molecule has 22 heavy (non-hydrogen) atoms. The molecule has 2 aromatic rings. The largest absolute Gasteiger partial charge is 0.508 e. The molecule has 0 spiro atoms. The predicted octanol–water partition coefficient (Wildman–Crippen LogP) is 5.37. The molecule has 0 atom stereocenters. The Hall–Kier alpha value is -1.16. The van der Waals surface area contributed by atoms with E-state index in [4.69, 9.17) is 34.8 Å². The van der Waals surface area contributed by atoms with E-state index < -0.39 is 0 Å². The van der Waals surface area contributed by atoms with Crippen molar-refractivity contribution in [3.8, 4) is 5.75 Å². The number of phenols is 1. The maximum atomic E-state index is 12.2. The van der Waals surface area contributed by atoms with Gasteiger partial charge in [0.05, 0.1) is 10.0 Å². The molecule has 3 rings (SSSR count). The Balaban J connectivity index is 1.70. The summed E-state index contributed by atoms with van der Waals surface area (Å²) < 4.78 is 0. The fourth-order valence-electron chi connectivity index (χ4n) is 2.48. The van der Waals surface area contributed by atoms with Crippen LogP contribution in [0.1, 0.15) is 46.8 Å². The maximum absolute atomic E-state index is 12.2. The molecule has 3 nitrogen and oxygen atoms in total. The lowest BCUT2D eigenvalue weighted by Gasteiger charge is -2.06. The Kier molecular flexibility index (Phi) is 4.40. The van der Waals surface area contributed by atoms with Gasteiger partial charge in [0.25, 0.3) is 0 Å². The fraction of sp³-hybridized carbons (Fsp3) is 0.312. The summed E-state index contributed by atoms with van der Waals surface area (Å²) in [7, 11) is 0. The highest BCUT2D eigenvalue weighted by Gasteiger charge is 2.26. The van der Waals surface area contributed by atoms with E-state index >= 15 is 0 Å². The van der Waals surface area contributed by atoms with Crippen LogP contribution >= 0.6 is 34.8 Å². The number of aryl methyl sites for hydroxylation is 1. The molecule has 6 heteroatoms. The molecule has 0 bridgehead atoms. The molecule has 0 amide bonds. The maximum Gasteiger partial charge on any atom is 0.180 e. The molecule has 1 fully saturated rings. The molecule has 1 aliphatic rings. The van der Waals surface area contributed by atoms with Gasteiger partial charge in [-0.25, -0.2) is 0 Å². The van der Waals surface area contributed by atoms with E-state index in [9.17, 15) is 9.90 Å². The van der Waals surface area contributed by atoms with Gasteiger partial charge in [-0.1, -0.05) is 46.9 Å². The van der Waals surface area contributed by atoms with Gasteiger partial charge in [-0.05, 0) is 42.4 Å². The summed E-state index contributed by atoms with van der Waals surface area (Å²) in [6, 6.07) is 5.52. The third kappa shape index (κ3) is 3.12. The Labute approximate surface area is 143 Å². The number of hydrogen-bond acceptors (Lipinski definition) is 2. The minimum absolute atomic E-state index is 0.139. The van der Waals surface area contributed by atoms with Crippen LogP contribution < -0.4 is 0 Å². The van der Waals surface area contributed by atoms with Crippen LogP contribution in [0.15, 0.2) is 18.2 Å². The molecule has 1 aliphatic carbocycles. The number of aromatic hydroxyl groups is 1. The molecule has 0 unspecified atom stereocenters. The van der Waals surface area contributed by atoms with Gasteiger partial charge in [-0.3, -0.25) is 4.79 Å². The van der Waals surface area contributed by atoms with Crippen LogP contribution in [0, 0.1) is 0 Å². The molecule has 1 aromatic heterocycles. The molecule has 0 aliphatic heterocycles. The molecule has 0 saturated heterocycles. The topological polar surface area (TPSA) is 53.1 Å². The summed E-state index contributed by atoms with van der Waals surface area (Å²) in [4.78, 5) is 14.9. The van der Waals surface area contributed by atoms with E-state index in [1.54, 1.807) is 6.07 Å². The second kappa shape index (κ2) is 6.15. The van der Waals surface area contributed by atoms with Gasteiger partial charge in [-0.15, -0.1) is 0 Å². The second-order valence-corrected chi connectivity index (χ2v) is 6.67. The number of H-pyrrole nitrogens is 1. The number of phenolic OH excluding ortho intramolecular Hbond substituents is 1. The van der Waals surface area contributed by atoms with Crippen molar-refractivity contribution in [2.45, 2.75) is 31.6 Å². The SMILES string of the molecule is O=C(CCc1ccc(O)c(C2CC2)c1)c1[nH]c(Cl)c(Cl)c1Cl. The summed E-state index contributed by atoms with van der Waals surface area (Å²) >= 11 is 17.7. The van der Waals surface area contributed by atoms with Crippen molar-refractivity contribution in [1.82, 2.24) is 4.98 Å². The van der Waals surface area contributed by atoms with Crippen molar-refractivity contribution in [1.29, 1.82) is 0 Å². The van der Waals surface area contributed by atoms with Crippen molar-refractivity contribution in [3.63, 3.8) is 0 Å². The Bertz CT molecular complexity index is 735. The zero-order chi connectivity index (χ0) is 15.9. The Morgan fingerprint density at radius 2 is 1.95 bits per heavy atom. The third-order valence-corrected chi connectivity index (χ3v) is 5.10. The number of aromatic amines is 1. The van der Waals surface area contributed by atoms with Crippen LogP contribution in [0.25, 0.3) is 0 Å².